The second kappa shape index (κ2) is 7.07. The van der Waals surface area contributed by atoms with Crippen molar-refractivity contribution in [2.75, 3.05) is 6.61 Å². The summed E-state index contributed by atoms with van der Waals surface area (Å²) in [6, 6.07) is 0. The van der Waals surface area contributed by atoms with E-state index in [4.69, 9.17) is 5.11 Å². The van der Waals surface area contributed by atoms with Crippen LogP contribution in [0, 0.1) is 5.41 Å². The molecule has 1 aliphatic rings. The van der Waals surface area contributed by atoms with Crippen LogP contribution in [0.25, 0.3) is 0 Å². The normalized spacial score (nSPS) is 20.9. The van der Waals surface area contributed by atoms with Crippen molar-refractivity contribution in [2.45, 2.75) is 70.8 Å². The number of hydrogen-bond acceptors (Lipinski definition) is 3. The van der Waals surface area contributed by atoms with E-state index in [1.54, 1.807) is 0 Å². The van der Waals surface area contributed by atoms with E-state index in [-0.39, 0.29) is 18.9 Å². The van der Waals surface area contributed by atoms with Gasteiger partial charge in [0.05, 0.1) is 5.41 Å². The van der Waals surface area contributed by atoms with Gasteiger partial charge >= 0.3 is 5.97 Å². The first-order chi connectivity index (χ1) is 9.37. The summed E-state index contributed by atoms with van der Waals surface area (Å²) in [6.45, 7) is 3.84. The van der Waals surface area contributed by atoms with Crippen LogP contribution < -0.4 is 5.32 Å². The van der Waals surface area contributed by atoms with E-state index in [2.05, 4.69) is 5.32 Å². The molecular weight excluding hydrogens is 258 g/mol. The molecule has 0 aliphatic heterocycles. The van der Waals surface area contributed by atoms with E-state index in [1.807, 2.05) is 13.8 Å². The standard InChI is InChI=1S/C15H27NO4/c1-3-14(2,9-10-17)16-12(18)11-15(13(19)20)7-5-4-6-8-15/h17H,3-11H2,1-2H3,(H,16,18)(H,19,20). The number of carbonyl (C=O) groups excluding carboxylic acids is 1. The van der Waals surface area contributed by atoms with Gasteiger partial charge in [0, 0.05) is 18.6 Å². The van der Waals surface area contributed by atoms with Gasteiger partial charge in [0.2, 0.25) is 5.91 Å². The summed E-state index contributed by atoms with van der Waals surface area (Å²) >= 11 is 0. The molecule has 0 heterocycles. The van der Waals surface area contributed by atoms with Crippen molar-refractivity contribution in [3.05, 3.63) is 0 Å². The molecule has 0 bridgehead atoms. The molecule has 1 rings (SSSR count). The summed E-state index contributed by atoms with van der Waals surface area (Å²) in [5.41, 5.74) is -1.35. The molecule has 0 radical (unpaired) electrons. The van der Waals surface area contributed by atoms with Crippen molar-refractivity contribution in [1.82, 2.24) is 5.32 Å². The number of carboxylic acid groups (broad SMARTS) is 1. The minimum absolute atomic E-state index is 0.00862. The predicted molar refractivity (Wildman–Crippen MR) is 76.3 cm³/mol. The van der Waals surface area contributed by atoms with Gasteiger partial charge in [-0.05, 0) is 32.6 Å². The van der Waals surface area contributed by atoms with Gasteiger partial charge < -0.3 is 15.5 Å². The van der Waals surface area contributed by atoms with E-state index >= 15 is 0 Å². The molecule has 1 aliphatic carbocycles. The molecule has 1 fully saturated rings. The van der Waals surface area contributed by atoms with Gasteiger partial charge in [-0.15, -0.1) is 0 Å². The number of aliphatic carboxylic acids is 1. The second-order valence-electron chi connectivity index (χ2n) is 6.26. The number of amides is 1. The first-order valence-electron chi connectivity index (χ1n) is 7.53. The fourth-order valence-corrected chi connectivity index (χ4v) is 2.96. The average molecular weight is 285 g/mol. The van der Waals surface area contributed by atoms with Crippen LogP contribution in [0.4, 0.5) is 0 Å². The van der Waals surface area contributed by atoms with E-state index in [0.717, 1.165) is 19.3 Å². The summed E-state index contributed by atoms with van der Waals surface area (Å²) in [6.07, 6.45) is 5.20. The lowest BCUT2D eigenvalue weighted by atomic mass is 9.71. The Kier molecular flexibility index (Phi) is 5.99. The van der Waals surface area contributed by atoms with Crippen molar-refractivity contribution in [3.63, 3.8) is 0 Å². The lowest BCUT2D eigenvalue weighted by Crippen LogP contribution is -2.49. The van der Waals surface area contributed by atoms with Crippen LogP contribution in [0.1, 0.15) is 65.2 Å². The number of carbonyl (C=O) groups is 2. The molecule has 0 saturated heterocycles. The Labute approximate surface area is 120 Å². The van der Waals surface area contributed by atoms with E-state index in [1.165, 1.54) is 0 Å². The Morgan fingerprint density at radius 3 is 2.30 bits per heavy atom. The lowest BCUT2D eigenvalue weighted by Gasteiger charge is -2.35. The Morgan fingerprint density at radius 2 is 1.85 bits per heavy atom. The van der Waals surface area contributed by atoms with Crippen LogP contribution in [-0.2, 0) is 9.59 Å². The van der Waals surface area contributed by atoms with Crippen LogP contribution in [0.15, 0.2) is 0 Å². The first-order valence-corrected chi connectivity index (χ1v) is 7.53. The molecule has 20 heavy (non-hydrogen) atoms. The maximum atomic E-state index is 12.2. The van der Waals surface area contributed by atoms with Gasteiger partial charge in [-0.25, -0.2) is 0 Å². The summed E-state index contributed by atoms with van der Waals surface area (Å²) in [5, 5.41) is 21.4. The van der Waals surface area contributed by atoms with Crippen molar-refractivity contribution in [1.29, 1.82) is 0 Å². The Morgan fingerprint density at radius 1 is 1.25 bits per heavy atom. The van der Waals surface area contributed by atoms with Gasteiger partial charge in [-0.3, -0.25) is 9.59 Å². The smallest absolute Gasteiger partial charge is 0.310 e. The van der Waals surface area contributed by atoms with Crippen LogP contribution in [0.3, 0.4) is 0 Å². The quantitative estimate of drug-likeness (QED) is 0.668. The second-order valence-corrected chi connectivity index (χ2v) is 6.26. The highest BCUT2D eigenvalue weighted by Crippen LogP contribution is 2.39. The van der Waals surface area contributed by atoms with Gasteiger partial charge in [0.25, 0.3) is 0 Å². The molecule has 5 heteroatoms. The van der Waals surface area contributed by atoms with Gasteiger partial charge in [-0.1, -0.05) is 26.2 Å². The topological polar surface area (TPSA) is 86.6 Å². The lowest BCUT2D eigenvalue weighted by molar-refractivity contribution is -0.154. The van der Waals surface area contributed by atoms with Crippen LogP contribution >= 0.6 is 0 Å². The summed E-state index contributed by atoms with van der Waals surface area (Å²) in [5.74, 6) is -1.07. The van der Waals surface area contributed by atoms with Gasteiger partial charge in [0.1, 0.15) is 0 Å². The maximum absolute atomic E-state index is 12.2. The highest BCUT2D eigenvalue weighted by atomic mass is 16.4. The minimum atomic E-state index is -0.893. The molecule has 1 atom stereocenters. The SMILES string of the molecule is CCC(C)(CCO)NC(=O)CC1(C(=O)O)CCCCC1. The third-order valence-electron chi connectivity index (χ3n) is 4.65. The average Bonchev–Trinajstić information content (AvgIpc) is 2.39. The molecule has 1 unspecified atom stereocenters. The van der Waals surface area contributed by atoms with Crippen molar-refractivity contribution in [2.24, 2.45) is 5.41 Å². The number of hydrogen-bond donors (Lipinski definition) is 3. The molecule has 1 amide bonds. The molecule has 0 aromatic carbocycles. The monoisotopic (exact) mass is 285 g/mol. The summed E-state index contributed by atoms with van der Waals surface area (Å²) in [4.78, 5) is 23.8. The minimum Gasteiger partial charge on any atom is -0.481 e. The number of nitrogens with one attached hydrogen (secondary N) is 1. The van der Waals surface area contributed by atoms with Gasteiger partial charge in [-0.2, -0.15) is 0 Å². The highest BCUT2D eigenvalue weighted by molar-refractivity contribution is 5.85. The van der Waals surface area contributed by atoms with E-state index < -0.39 is 16.9 Å². The third-order valence-corrected chi connectivity index (χ3v) is 4.65. The zero-order valence-electron chi connectivity index (χ0n) is 12.6. The number of rotatable bonds is 7. The Balaban J connectivity index is 2.69. The van der Waals surface area contributed by atoms with E-state index in [9.17, 15) is 14.7 Å². The number of aliphatic hydroxyl groups excluding tert-OH is 1. The molecule has 0 spiro atoms. The fraction of sp³-hybridized carbons (Fsp3) is 0.867. The number of aliphatic hydroxyl groups is 1. The molecule has 5 nitrogen and oxygen atoms in total. The fourth-order valence-electron chi connectivity index (χ4n) is 2.96. The van der Waals surface area contributed by atoms with Crippen molar-refractivity contribution in [3.8, 4) is 0 Å². The third kappa shape index (κ3) is 4.20. The molecule has 0 aromatic heterocycles. The predicted octanol–water partition coefficient (Wildman–Crippen LogP) is 2.08. The van der Waals surface area contributed by atoms with Crippen LogP contribution in [-0.4, -0.2) is 34.2 Å². The first kappa shape index (κ1) is 17.0. The maximum Gasteiger partial charge on any atom is 0.310 e. The summed E-state index contributed by atoms with van der Waals surface area (Å²) in [7, 11) is 0. The molecule has 116 valence electrons. The highest BCUT2D eigenvalue weighted by Gasteiger charge is 2.42. The van der Waals surface area contributed by atoms with Crippen molar-refractivity contribution < 1.29 is 19.8 Å². The van der Waals surface area contributed by atoms with E-state index in [0.29, 0.717) is 25.7 Å². The van der Waals surface area contributed by atoms with Crippen LogP contribution in [0.5, 0.6) is 0 Å². The molecular formula is C15H27NO4. The van der Waals surface area contributed by atoms with Crippen LogP contribution in [0.2, 0.25) is 0 Å². The van der Waals surface area contributed by atoms with Gasteiger partial charge in [0.15, 0.2) is 0 Å². The summed E-state index contributed by atoms with van der Waals surface area (Å²) < 4.78 is 0. The Hall–Kier alpha value is -1.10. The zero-order valence-corrected chi connectivity index (χ0v) is 12.6. The zero-order chi connectivity index (χ0) is 15.2. The molecule has 3 N–H and O–H groups in total. The molecule has 0 aromatic rings. The van der Waals surface area contributed by atoms with Crippen molar-refractivity contribution >= 4 is 11.9 Å². The Bertz CT molecular complexity index is 350. The molecule has 1 saturated carbocycles. The number of carboxylic acids is 1. The largest absolute Gasteiger partial charge is 0.481 e.